The normalized spacial score (nSPS) is 33.8. The van der Waals surface area contributed by atoms with E-state index in [9.17, 15) is 4.79 Å². The first-order valence-electron chi connectivity index (χ1n) is 9.20. The number of benzene rings is 1. The summed E-state index contributed by atoms with van der Waals surface area (Å²) in [4.78, 5) is 15.4. The molecule has 0 unspecified atom stereocenters. The smallest absolute Gasteiger partial charge is 0.410 e. The highest BCUT2D eigenvalue weighted by Crippen LogP contribution is 2.59. The predicted octanol–water partition coefficient (Wildman–Crippen LogP) is 4.47. The summed E-state index contributed by atoms with van der Waals surface area (Å²) < 4.78 is 5.49. The molecule has 6 rings (SSSR count). The van der Waals surface area contributed by atoms with Crippen LogP contribution < -0.4 is 10.1 Å². The summed E-state index contributed by atoms with van der Waals surface area (Å²) in [6, 6.07) is 7.66. The Hall–Kier alpha value is -1.97. The van der Waals surface area contributed by atoms with Crippen LogP contribution >= 0.6 is 0 Å². The molecule has 1 amide bonds. The van der Waals surface area contributed by atoms with Gasteiger partial charge in [-0.25, -0.2) is 4.79 Å². The van der Waals surface area contributed by atoms with E-state index >= 15 is 0 Å². The zero-order valence-electron chi connectivity index (χ0n) is 13.9. The second-order valence-electron chi connectivity index (χ2n) is 8.39. The third-order valence-corrected chi connectivity index (χ3v) is 6.51. The maximum Gasteiger partial charge on any atom is 0.412 e. The number of carbonyl (C=O) groups is 1. The van der Waals surface area contributed by atoms with Crippen LogP contribution in [0, 0.1) is 23.2 Å². The molecule has 4 bridgehead atoms. The zero-order valence-corrected chi connectivity index (χ0v) is 13.9. The number of hydrogen-bond donors (Lipinski definition) is 2. The molecule has 4 heteroatoms. The molecule has 126 valence electrons. The SMILES string of the molecule is O=C(NCC12CC3CC(CC(C3)C1)C2)Oc1ccc2[nH]ccc2c1. The highest BCUT2D eigenvalue weighted by molar-refractivity contribution is 5.82. The minimum absolute atomic E-state index is 0.319. The van der Waals surface area contributed by atoms with E-state index < -0.39 is 0 Å². The molecule has 1 heterocycles. The van der Waals surface area contributed by atoms with Gasteiger partial charge in [-0.15, -0.1) is 0 Å². The molecule has 4 aliphatic rings. The van der Waals surface area contributed by atoms with Crippen LogP contribution in [0.25, 0.3) is 10.9 Å². The van der Waals surface area contributed by atoms with Crippen molar-refractivity contribution in [3.63, 3.8) is 0 Å². The van der Waals surface area contributed by atoms with E-state index in [0.29, 0.717) is 11.2 Å². The van der Waals surface area contributed by atoms with Crippen LogP contribution in [0.1, 0.15) is 38.5 Å². The number of nitrogens with one attached hydrogen (secondary N) is 2. The fourth-order valence-electron chi connectivity index (χ4n) is 6.00. The van der Waals surface area contributed by atoms with Gasteiger partial charge in [-0.1, -0.05) is 0 Å². The number of amides is 1. The Morgan fingerprint density at radius 1 is 1.12 bits per heavy atom. The van der Waals surface area contributed by atoms with Gasteiger partial charge in [0.25, 0.3) is 0 Å². The summed E-state index contributed by atoms with van der Waals surface area (Å²) in [5.41, 5.74) is 1.40. The summed E-state index contributed by atoms with van der Waals surface area (Å²) in [6.07, 6.45) is 9.76. The largest absolute Gasteiger partial charge is 0.412 e. The second kappa shape index (κ2) is 5.27. The Labute approximate surface area is 142 Å². The summed E-state index contributed by atoms with van der Waals surface area (Å²) >= 11 is 0. The molecule has 0 saturated heterocycles. The van der Waals surface area contributed by atoms with Gasteiger partial charge in [-0.05, 0) is 86.0 Å². The Kier molecular flexibility index (Phi) is 3.15. The minimum atomic E-state index is -0.319. The molecule has 0 atom stereocenters. The Balaban J connectivity index is 1.23. The molecule has 4 saturated carbocycles. The lowest BCUT2D eigenvalue weighted by atomic mass is 9.49. The van der Waals surface area contributed by atoms with Gasteiger partial charge in [-0.3, -0.25) is 0 Å². The van der Waals surface area contributed by atoms with Crippen LogP contribution in [-0.4, -0.2) is 17.6 Å². The molecule has 0 aliphatic heterocycles. The van der Waals surface area contributed by atoms with Crippen molar-refractivity contribution in [2.24, 2.45) is 23.2 Å². The van der Waals surface area contributed by atoms with Crippen molar-refractivity contribution in [3.05, 3.63) is 30.5 Å². The van der Waals surface area contributed by atoms with E-state index in [1.54, 1.807) is 0 Å². The van der Waals surface area contributed by atoms with Gasteiger partial charge in [-0.2, -0.15) is 0 Å². The number of aromatic amines is 1. The van der Waals surface area contributed by atoms with Crippen LogP contribution in [0.2, 0.25) is 0 Å². The third-order valence-electron chi connectivity index (χ3n) is 6.51. The number of hydrogen-bond acceptors (Lipinski definition) is 2. The topological polar surface area (TPSA) is 54.1 Å². The number of carbonyl (C=O) groups excluding carboxylic acids is 1. The lowest BCUT2D eigenvalue weighted by molar-refractivity contribution is -0.0503. The third kappa shape index (κ3) is 2.48. The molecule has 2 aromatic rings. The lowest BCUT2D eigenvalue weighted by Crippen LogP contribution is -2.51. The molecule has 4 aliphatic carbocycles. The highest BCUT2D eigenvalue weighted by Gasteiger charge is 2.50. The van der Waals surface area contributed by atoms with Crippen LogP contribution in [0.5, 0.6) is 5.75 Å². The molecule has 0 radical (unpaired) electrons. The second-order valence-corrected chi connectivity index (χ2v) is 8.39. The number of aromatic nitrogens is 1. The van der Waals surface area contributed by atoms with E-state index in [1.165, 1.54) is 38.5 Å². The maximum absolute atomic E-state index is 12.2. The predicted molar refractivity (Wildman–Crippen MR) is 92.9 cm³/mol. The van der Waals surface area contributed by atoms with Crippen molar-refractivity contribution < 1.29 is 9.53 Å². The van der Waals surface area contributed by atoms with Gasteiger partial charge in [0, 0.05) is 23.6 Å². The van der Waals surface area contributed by atoms with E-state index in [4.69, 9.17) is 4.74 Å². The highest BCUT2D eigenvalue weighted by atomic mass is 16.6. The van der Waals surface area contributed by atoms with Crippen molar-refractivity contribution in [1.82, 2.24) is 10.3 Å². The summed E-state index contributed by atoms with van der Waals surface area (Å²) in [5.74, 6) is 3.32. The molecule has 4 nitrogen and oxygen atoms in total. The van der Waals surface area contributed by atoms with Crippen LogP contribution in [0.15, 0.2) is 30.5 Å². The maximum atomic E-state index is 12.2. The number of rotatable bonds is 3. The number of ether oxygens (including phenoxy) is 1. The van der Waals surface area contributed by atoms with Gasteiger partial charge < -0.3 is 15.0 Å². The average molecular weight is 324 g/mol. The van der Waals surface area contributed by atoms with Crippen molar-refractivity contribution in [2.45, 2.75) is 38.5 Å². The Morgan fingerprint density at radius 2 is 1.83 bits per heavy atom. The number of H-pyrrole nitrogens is 1. The first-order valence-corrected chi connectivity index (χ1v) is 9.20. The van der Waals surface area contributed by atoms with Crippen LogP contribution in [0.3, 0.4) is 0 Å². The van der Waals surface area contributed by atoms with E-state index in [0.717, 1.165) is 35.2 Å². The molecular weight excluding hydrogens is 300 g/mol. The van der Waals surface area contributed by atoms with Gasteiger partial charge >= 0.3 is 6.09 Å². The molecular formula is C20H24N2O2. The standard InChI is InChI=1S/C20H24N2O2/c23-19(24-17-1-2-18-16(8-17)3-4-21-18)22-12-20-9-13-5-14(10-20)7-15(6-13)11-20/h1-4,8,13-15,21H,5-7,9-12H2,(H,22,23). The fraction of sp³-hybridized carbons (Fsp3) is 0.550. The Morgan fingerprint density at radius 3 is 2.54 bits per heavy atom. The van der Waals surface area contributed by atoms with Gasteiger partial charge in [0.15, 0.2) is 0 Å². The number of fused-ring (bicyclic) bond motifs is 1. The molecule has 1 aromatic heterocycles. The molecule has 4 fully saturated rings. The minimum Gasteiger partial charge on any atom is -0.410 e. The van der Waals surface area contributed by atoms with Crippen molar-refractivity contribution >= 4 is 17.0 Å². The average Bonchev–Trinajstić information content (AvgIpc) is 2.99. The van der Waals surface area contributed by atoms with Gasteiger partial charge in [0.1, 0.15) is 5.75 Å². The molecule has 1 aromatic carbocycles. The van der Waals surface area contributed by atoms with E-state index in [1.807, 2.05) is 30.5 Å². The summed E-state index contributed by atoms with van der Waals surface area (Å²) in [6.45, 7) is 0.779. The lowest BCUT2D eigenvalue weighted by Gasteiger charge is -2.56. The first kappa shape index (κ1) is 14.4. The Bertz CT molecular complexity index is 744. The summed E-state index contributed by atoms with van der Waals surface area (Å²) in [7, 11) is 0. The van der Waals surface area contributed by atoms with E-state index in [2.05, 4.69) is 10.3 Å². The van der Waals surface area contributed by atoms with E-state index in [-0.39, 0.29) is 6.09 Å². The molecule has 24 heavy (non-hydrogen) atoms. The van der Waals surface area contributed by atoms with Crippen molar-refractivity contribution in [2.75, 3.05) is 6.54 Å². The van der Waals surface area contributed by atoms with Gasteiger partial charge in [0.2, 0.25) is 0 Å². The van der Waals surface area contributed by atoms with Gasteiger partial charge in [0.05, 0.1) is 0 Å². The van der Waals surface area contributed by atoms with Crippen molar-refractivity contribution in [1.29, 1.82) is 0 Å². The monoisotopic (exact) mass is 324 g/mol. The zero-order chi connectivity index (χ0) is 16.1. The molecule has 0 spiro atoms. The summed E-state index contributed by atoms with van der Waals surface area (Å²) in [5, 5.41) is 4.12. The molecule has 2 N–H and O–H groups in total. The van der Waals surface area contributed by atoms with Crippen LogP contribution in [0.4, 0.5) is 4.79 Å². The quantitative estimate of drug-likeness (QED) is 0.875. The first-order chi connectivity index (χ1) is 11.7. The van der Waals surface area contributed by atoms with Crippen molar-refractivity contribution in [3.8, 4) is 5.75 Å². The van der Waals surface area contributed by atoms with Crippen LogP contribution in [-0.2, 0) is 0 Å². The fourth-order valence-corrected chi connectivity index (χ4v) is 6.00.